The maximum absolute atomic E-state index is 12.6. The van der Waals surface area contributed by atoms with Gasteiger partial charge in [-0.25, -0.2) is 17.8 Å². The summed E-state index contributed by atoms with van der Waals surface area (Å²) in [5.74, 6) is -0.147. The molecule has 0 bridgehead atoms. The van der Waals surface area contributed by atoms with E-state index < -0.39 is 10.0 Å². The van der Waals surface area contributed by atoms with Crippen LogP contribution in [0.4, 0.5) is 0 Å². The molecular weight excluding hydrogens is 424 g/mol. The van der Waals surface area contributed by atoms with Gasteiger partial charge in [-0.15, -0.1) is 0 Å². The number of benzene rings is 2. The number of para-hydroxylation sites is 1. The van der Waals surface area contributed by atoms with Crippen LogP contribution in [0.15, 0.2) is 66.1 Å². The second-order valence-electron chi connectivity index (χ2n) is 7.55. The number of nitrogens with zero attached hydrogens (tertiary/aromatic N) is 3. The molecule has 0 aliphatic rings. The Hall–Kier alpha value is -3.23. The van der Waals surface area contributed by atoms with Crippen LogP contribution in [0.5, 0.6) is 0 Å². The average Bonchev–Trinajstić information content (AvgIpc) is 3.07. The van der Waals surface area contributed by atoms with E-state index in [4.69, 9.17) is 0 Å². The van der Waals surface area contributed by atoms with Crippen molar-refractivity contribution in [1.29, 1.82) is 0 Å². The summed E-state index contributed by atoms with van der Waals surface area (Å²) in [5.41, 5.74) is 4.57. The van der Waals surface area contributed by atoms with Crippen LogP contribution >= 0.6 is 0 Å². The van der Waals surface area contributed by atoms with Gasteiger partial charge in [-0.05, 0) is 37.6 Å². The summed E-state index contributed by atoms with van der Waals surface area (Å²) in [6.45, 7) is 4.34. The van der Waals surface area contributed by atoms with Crippen molar-refractivity contribution in [2.45, 2.75) is 26.8 Å². The zero-order valence-electron chi connectivity index (χ0n) is 18.5. The molecule has 0 spiro atoms. The van der Waals surface area contributed by atoms with Gasteiger partial charge in [-0.2, -0.15) is 5.10 Å². The molecule has 0 aliphatic heterocycles. The molecule has 2 aromatic carbocycles. The third-order valence-electron chi connectivity index (χ3n) is 5.14. The van der Waals surface area contributed by atoms with E-state index >= 15 is 0 Å². The first-order valence-electron chi connectivity index (χ1n) is 10.3. The van der Waals surface area contributed by atoms with Gasteiger partial charge in [0.2, 0.25) is 15.9 Å². The molecule has 0 fully saturated rings. The van der Waals surface area contributed by atoms with Gasteiger partial charge >= 0.3 is 0 Å². The number of carbonyl (C=O) groups excluding carboxylic acids is 1. The van der Waals surface area contributed by atoms with E-state index in [2.05, 4.69) is 9.82 Å². The van der Waals surface area contributed by atoms with Gasteiger partial charge in [0.05, 0.1) is 11.4 Å². The highest BCUT2D eigenvalue weighted by Crippen LogP contribution is 2.19. The van der Waals surface area contributed by atoms with Crippen molar-refractivity contribution < 1.29 is 13.2 Å². The number of amides is 1. The summed E-state index contributed by atoms with van der Waals surface area (Å²) < 4.78 is 28.6. The van der Waals surface area contributed by atoms with E-state index in [-0.39, 0.29) is 18.9 Å². The molecule has 7 nitrogen and oxygen atoms in total. The minimum Gasteiger partial charge on any atom is -0.341 e. The molecule has 3 aromatic rings. The van der Waals surface area contributed by atoms with Crippen LogP contribution in [-0.2, 0) is 21.4 Å². The van der Waals surface area contributed by atoms with Crippen LogP contribution in [0.2, 0.25) is 0 Å². The van der Waals surface area contributed by atoms with Crippen molar-refractivity contribution in [3.05, 3.63) is 88.6 Å². The van der Waals surface area contributed by atoms with Gasteiger partial charge in [-0.1, -0.05) is 48.5 Å². The van der Waals surface area contributed by atoms with Gasteiger partial charge in [-0.3, -0.25) is 4.79 Å². The predicted octanol–water partition coefficient (Wildman–Crippen LogP) is 3.43. The monoisotopic (exact) mass is 452 g/mol. The van der Waals surface area contributed by atoms with E-state index in [9.17, 15) is 13.2 Å². The lowest BCUT2D eigenvalue weighted by molar-refractivity contribution is -0.130. The Balaban J connectivity index is 1.55. The number of hydrogen-bond acceptors (Lipinski definition) is 4. The fourth-order valence-corrected chi connectivity index (χ4v) is 4.14. The minimum absolute atomic E-state index is 0.0336. The maximum Gasteiger partial charge on any atom is 0.233 e. The third kappa shape index (κ3) is 6.15. The maximum atomic E-state index is 12.6. The highest BCUT2D eigenvalue weighted by Gasteiger charge is 2.17. The Morgan fingerprint density at radius 1 is 1.06 bits per heavy atom. The molecule has 1 heterocycles. The Labute approximate surface area is 189 Å². The van der Waals surface area contributed by atoms with E-state index in [0.717, 1.165) is 33.6 Å². The van der Waals surface area contributed by atoms with Crippen LogP contribution in [0.1, 0.15) is 28.9 Å². The number of aromatic nitrogens is 2. The highest BCUT2D eigenvalue weighted by molar-refractivity contribution is 7.92. The van der Waals surface area contributed by atoms with E-state index in [1.807, 2.05) is 79.2 Å². The van der Waals surface area contributed by atoms with E-state index in [1.54, 1.807) is 11.9 Å². The Morgan fingerprint density at radius 3 is 2.34 bits per heavy atom. The Kier molecular flexibility index (Phi) is 7.61. The van der Waals surface area contributed by atoms with Crippen LogP contribution in [0.25, 0.3) is 11.8 Å². The van der Waals surface area contributed by atoms with Gasteiger partial charge in [0.25, 0.3) is 0 Å². The fraction of sp³-hybridized carbons (Fsp3) is 0.250. The largest absolute Gasteiger partial charge is 0.341 e. The number of sulfonamides is 1. The highest BCUT2D eigenvalue weighted by atomic mass is 32.2. The Morgan fingerprint density at radius 2 is 1.69 bits per heavy atom. The summed E-state index contributed by atoms with van der Waals surface area (Å²) in [6, 6.07) is 19.0. The zero-order valence-corrected chi connectivity index (χ0v) is 19.3. The minimum atomic E-state index is -3.62. The second kappa shape index (κ2) is 10.4. The van der Waals surface area contributed by atoms with E-state index in [1.165, 1.54) is 6.08 Å². The SMILES string of the molecule is Cc1nn(-c2ccccc2)c(C)c1CN(C)C(=O)CCNS(=O)(=O)/C=C/c1ccccc1. The first-order chi connectivity index (χ1) is 15.3. The van der Waals surface area contributed by atoms with Crippen molar-refractivity contribution in [1.82, 2.24) is 19.4 Å². The molecule has 1 aromatic heterocycles. The third-order valence-corrected chi connectivity index (χ3v) is 6.25. The molecule has 1 amide bonds. The first-order valence-corrected chi connectivity index (χ1v) is 11.9. The van der Waals surface area contributed by atoms with Crippen molar-refractivity contribution >= 4 is 22.0 Å². The lowest BCUT2D eigenvalue weighted by Crippen LogP contribution is -2.31. The van der Waals surface area contributed by atoms with Crippen molar-refractivity contribution in [3.63, 3.8) is 0 Å². The van der Waals surface area contributed by atoms with Gasteiger partial charge in [0.15, 0.2) is 0 Å². The van der Waals surface area contributed by atoms with Crippen molar-refractivity contribution in [2.75, 3.05) is 13.6 Å². The zero-order chi connectivity index (χ0) is 23.1. The first kappa shape index (κ1) is 23.4. The molecule has 0 saturated carbocycles. The lowest BCUT2D eigenvalue weighted by atomic mass is 10.2. The van der Waals surface area contributed by atoms with E-state index in [0.29, 0.717) is 6.54 Å². The summed E-state index contributed by atoms with van der Waals surface area (Å²) in [7, 11) is -1.90. The topological polar surface area (TPSA) is 84.3 Å². The summed E-state index contributed by atoms with van der Waals surface area (Å²) in [4.78, 5) is 14.2. The number of nitrogens with one attached hydrogen (secondary N) is 1. The molecule has 3 rings (SSSR count). The average molecular weight is 453 g/mol. The molecule has 0 radical (unpaired) electrons. The quantitative estimate of drug-likeness (QED) is 0.539. The second-order valence-corrected chi connectivity index (χ2v) is 9.20. The fourth-order valence-electron chi connectivity index (χ4n) is 3.32. The molecule has 0 unspecified atom stereocenters. The van der Waals surface area contributed by atoms with Gasteiger partial charge < -0.3 is 4.90 Å². The number of hydrogen-bond donors (Lipinski definition) is 1. The summed E-state index contributed by atoms with van der Waals surface area (Å²) in [5, 5.41) is 5.72. The van der Waals surface area contributed by atoms with Crippen molar-refractivity contribution in [2.24, 2.45) is 0 Å². The van der Waals surface area contributed by atoms with Crippen LogP contribution < -0.4 is 4.72 Å². The molecule has 168 valence electrons. The lowest BCUT2D eigenvalue weighted by Gasteiger charge is -2.17. The van der Waals surface area contributed by atoms with Crippen LogP contribution in [-0.4, -0.2) is 42.6 Å². The predicted molar refractivity (Wildman–Crippen MR) is 127 cm³/mol. The molecule has 8 heteroatoms. The Bertz CT molecular complexity index is 1190. The molecular formula is C24H28N4O3S. The van der Waals surface area contributed by atoms with Crippen molar-refractivity contribution in [3.8, 4) is 5.69 Å². The molecule has 0 saturated heterocycles. The molecule has 1 N–H and O–H groups in total. The standard InChI is InChI=1S/C24H28N4O3S/c1-19-23(20(2)28(26-19)22-12-8-5-9-13-22)18-27(3)24(29)14-16-25-32(30,31)17-15-21-10-6-4-7-11-21/h4-13,15,17,25H,14,16,18H2,1-3H3/b17-15+. The molecule has 0 atom stereocenters. The van der Waals surface area contributed by atoms with Gasteiger partial charge in [0, 0.05) is 43.2 Å². The molecule has 0 aliphatic carbocycles. The molecule has 32 heavy (non-hydrogen) atoms. The number of carbonyl (C=O) groups is 1. The number of rotatable bonds is 9. The van der Waals surface area contributed by atoms with Gasteiger partial charge in [0.1, 0.15) is 0 Å². The van der Waals surface area contributed by atoms with Crippen LogP contribution in [0.3, 0.4) is 0 Å². The summed E-state index contributed by atoms with van der Waals surface area (Å²) >= 11 is 0. The normalized spacial score (nSPS) is 11.7. The summed E-state index contributed by atoms with van der Waals surface area (Å²) in [6.07, 6.45) is 1.59. The smallest absolute Gasteiger partial charge is 0.233 e. The van der Waals surface area contributed by atoms with Crippen LogP contribution in [0, 0.1) is 13.8 Å². The number of aryl methyl sites for hydroxylation is 1.